The van der Waals surface area contributed by atoms with Crippen LogP contribution in [0.1, 0.15) is 5.89 Å². The Morgan fingerprint density at radius 1 is 1.57 bits per heavy atom. The second-order valence-electron chi connectivity index (χ2n) is 3.02. The summed E-state index contributed by atoms with van der Waals surface area (Å²) in [6.45, 7) is 0.632. The molecule has 74 valence electrons. The normalized spacial score (nSPS) is 10.7. The second kappa shape index (κ2) is 3.63. The fourth-order valence-electron chi connectivity index (χ4n) is 1.21. The van der Waals surface area contributed by atoms with Gasteiger partial charge in [-0.2, -0.15) is 5.10 Å². The SMILES string of the molecule is CNCc1ncc(-c2ccn(C)n2)o1. The van der Waals surface area contributed by atoms with Crippen molar-refractivity contribution in [1.82, 2.24) is 20.1 Å². The van der Waals surface area contributed by atoms with Gasteiger partial charge in [-0.05, 0) is 13.1 Å². The van der Waals surface area contributed by atoms with Crippen molar-refractivity contribution in [2.75, 3.05) is 7.05 Å². The minimum atomic E-state index is 0.632. The van der Waals surface area contributed by atoms with Crippen molar-refractivity contribution in [3.63, 3.8) is 0 Å². The molecule has 5 heteroatoms. The molecule has 5 nitrogen and oxygen atoms in total. The van der Waals surface area contributed by atoms with Crippen molar-refractivity contribution >= 4 is 0 Å². The lowest BCUT2D eigenvalue weighted by atomic mass is 10.4. The molecule has 0 saturated carbocycles. The van der Waals surface area contributed by atoms with Gasteiger partial charge >= 0.3 is 0 Å². The van der Waals surface area contributed by atoms with Crippen LogP contribution in [-0.2, 0) is 13.6 Å². The van der Waals surface area contributed by atoms with Crippen LogP contribution in [0.25, 0.3) is 11.5 Å². The smallest absolute Gasteiger partial charge is 0.208 e. The van der Waals surface area contributed by atoms with E-state index in [2.05, 4.69) is 15.4 Å². The highest BCUT2D eigenvalue weighted by atomic mass is 16.4. The van der Waals surface area contributed by atoms with Gasteiger partial charge in [0.2, 0.25) is 5.89 Å². The predicted molar refractivity (Wildman–Crippen MR) is 51.5 cm³/mol. The first-order chi connectivity index (χ1) is 6.79. The third kappa shape index (κ3) is 1.67. The Morgan fingerprint density at radius 3 is 3.07 bits per heavy atom. The van der Waals surface area contributed by atoms with Gasteiger partial charge in [0.25, 0.3) is 0 Å². The Morgan fingerprint density at radius 2 is 2.43 bits per heavy atom. The first-order valence-corrected chi connectivity index (χ1v) is 4.39. The summed E-state index contributed by atoms with van der Waals surface area (Å²) in [7, 11) is 3.72. The average molecular weight is 192 g/mol. The monoisotopic (exact) mass is 192 g/mol. The van der Waals surface area contributed by atoms with Crippen molar-refractivity contribution in [1.29, 1.82) is 0 Å². The largest absolute Gasteiger partial charge is 0.438 e. The minimum absolute atomic E-state index is 0.632. The molecule has 0 radical (unpaired) electrons. The van der Waals surface area contributed by atoms with Crippen LogP contribution in [0.5, 0.6) is 0 Å². The molecule has 0 aliphatic carbocycles. The first-order valence-electron chi connectivity index (χ1n) is 4.39. The number of rotatable bonds is 3. The molecule has 0 aliphatic rings. The van der Waals surface area contributed by atoms with Crippen LogP contribution in [-0.4, -0.2) is 21.8 Å². The summed E-state index contributed by atoms with van der Waals surface area (Å²) in [5, 5.41) is 7.19. The molecule has 0 saturated heterocycles. The lowest BCUT2D eigenvalue weighted by Crippen LogP contribution is -2.04. The molecule has 2 heterocycles. The van der Waals surface area contributed by atoms with Crippen LogP contribution in [0.2, 0.25) is 0 Å². The summed E-state index contributed by atoms with van der Waals surface area (Å²) in [4.78, 5) is 4.11. The number of hydrogen-bond acceptors (Lipinski definition) is 4. The van der Waals surface area contributed by atoms with Crippen molar-refractivity contribution in [2.24, 2.45) is 7.05 Å². The van der Waals surface area contributed by atoms with Gasteiger partial charge in [0.05, 0.1) is 12.7 Å². The van der Waals surface area contributed by atoms with Crippen molar-refractivity contribution < 1.29 is 4.42 Å². The number of aromatic nitrogens is 3. The van der Waals surface area contributed by atoms with Gasteiger partial charge < -0.3 is 9.73 Å². The molecule has 0 bridgehead atoms. The number of nitrogens with one attached hydrogen (secondary N) is 1. The fourth-order valence-corrected chi connectivity index (χ4v) is 1.21. The fraction of sp³-hybridized carbons (Fsp3) is 0.333. The van der Waals surface area contributed by atoms with E-state index in [0.29, 0.717) is 18.2 Å². The molecular weight excluding hydrogens is 180 g/mol. The molecule has 0 aromatic carbocycles. The maximum atomic E-state index is 5.47. The molecule has 14 heavy (non-hydrogen) atoms. The molecule has 0 atom stereocenters. The molecule has 2 aromatic heterocycles. The molecule has 2 aromatic rings. The summed E-state index contributed by atoms with van der Waals surface area (Å²) in [5.41, 5.74) is 0.808. The van der Waals surface area contributed by atoms with Crippen LogP contribution < -0.4 is 5.32 Å². The Bertz CT molecular complexity index is 418. The van der Waals surface area contributed by atoms with Gasteiger partial charge in [-0.25, -0.2) is 4.98 Å². The first kappa shape index (κ1) is 8.96. The van der Waals surface area contributed by atoms with E-state index in [1.807, 2.05) is 26.4 Å². The predicted octanol–water partition coefficient (Wildman–Crippen LogP) is 0.794. The highest BCUT2D eigenvalue weighted by Crippen LogP contribution is 2.17. The molecule has 0 amide bonds. The van der Waals surface area contributed by atoms with Crippen molar-refractivity contribution in [3.8, 4) is 11.5 Å². The van der Waals surface area contributed by atoms with E-state index in [1.165, 1.54) is 0 Å². The molecule has 0 spiro atoms. The Labute approximate surface area is 81.8 Å². The Balaban J connectivity index is 2.24. The second-order valence-corrected chi connectivity index (χ2v) is 3.02. The number of oxazole rings is 1. The molecule has 0 fully saturated rings. The summed E-state index contributed by atoms with van der Waals surface area (Å²) < 4.78 is 7.21. The van der Waals surface area contributed by atoms with Crippen molar-refractivity contribution in [3.05, 3.63) is 24.4 Å². The van der Waals surface area contributed by atoms with Crippen LogP contribution >= 0.6 is 0 Å². The molecule has 2 rings (SSSR count). The van der Waals surface area contributed by atoms with E-state index in [0.717, 1.165) is 5.69 Å². The molecule has 1 N–H and O–H groups in total. The maximum absolute atomic E-state index is 5.47. The third-order valence-corrected chi connectivity index (χ3v) is 1.85. The Hall–Kier alpha value is -1.62. The van der Waals surface area contributed by atoms with Crippen LogP contribution in [0, 0.1) is 0 Å². The minimum Gasteiger partial charge on any atom is -0.438 e. The van der Waals surface area contributed by atoms with Gasteiger partial charge in [-0.1, -0.05) is 0 Å². The van der Waals surface area contributed by atoms with Crippen LogP contribution in [0.3, 0.4) is 0 Å². The lowest BCUT2D eigenvalue weighted by molar-refractivity contribution is 0.489. The van der Waals surface area contributed by atoms with Gasteiger partial charge in [0.15, 0.2) is 5.76 Å². The summed E-state index contributed by atoms with van der Waals surface area (Å²) in [5.74, 6) is 1.38. The van der Waals surface area contributed by atoms with E-state index >= 15 is 0 Å². The standard InChI is InChI=1S/C9H12N4O/c1-10-6-9-11-5-8(14-9)7-3-4-13(2)12-7/h3-5,10H,6H2,1-2H3. The maximum Gasteiger partial charge on any atom is 0.208 e. The third-order valence-electron chi connectivity index (χ3n) is 1.85. The number of hydrogen-bond donors (Lipinski definition) is 1. The van der Waals surface area contributed by atoms with E-state index < -0.39 is 0 Å². The van der Waals surface area contributed by atoms with Crippen LogP contribution in [0.15, 0.2) is 22.9 Å². The number of nitrogens with zero attached hydrogens (tertiary/aromatic N) is 3. The molecule has 0 unspecified atom stereocenters. The highest BCUT2D eigenvalue weighted by molar-refractivity contribution is 5.49. The Kier molecular flexibility index (Phi) is 2.32. The van der Waals surface area contributed by atoms with Gasteiger partial charge in [-0.3, -0.25) is 4.68 Å². The number of aryl methyl sites for hydroxylation is 1. The quantitative estimate of drug-likeness (QED) is 0.781. The summed E-state index contributed by atoms with van der Waals surface area (Å²) in [6, 6.07) is 1.89. The zero-order valence-corrected chi connectivity index (χ0v) is 8.19. The van der Waals surface area contributed by atoms with Gasteiger partial charge in [0.1, 0.15) is 5.69 Å². The summed E-state index contributed by atoms with van der Waals surface area (Å²) >= 11 is 0. The van der Waals surface area contributed by atoms with Gasteiger partial charge in [-0.15, -0.1) is 0 Å². The van der Waals surface area contributed by atoms with Crippen LogP contribution in [0.4, 0.5) is 0 Å². The molecule has 0 aliphatic heterocycles. The van der Waals surface area contributed by atoms with Crippen molar-refractivity contribution in [2.45, 2.75) is 6.54 Å². The topological polar surface area (TPSA) is 55.9 Å². The van der Waals surface area contributed by atoms with E-state index in [1.54, 1.807) is 10.9 Å². The lowest BCUT2D eigenvalue weighted by Gasteiger charge is -1.91. The van der Waals surface area contributed by atoms with E-state index in [4.69, 9.17) is 4.42 Å². The zero-order chi connectivity index (χ0) is 9.97. The van der Waals surface area contributed by atoms with E-state index in [9.17, 15) is 0 Å². The summed E-state index contributed by atoms with van der Waals surface area (Å²) in [6.07, 6.45) is 3.56. The molecular formula is C9H12N4O. The van der Waals surface area contributed by atoms with E-state index in [-0.39, 0.29) is 0 Å². The highest BCUT2D eigenvalue weighted by Gasteiger charge is 2.07. The van der Waals surface area contributed by atoms with Gasteiger partial charge in [0, 0.05) is 13.2 Å². The zero-order valence-electron chi connectivity index (χ0n) is 8.19. The average Bonchev–Trinajstić information content (AvgIpc) is 2.74.